The molecule has 0 atom stereocenters. The molecule has 2 aliphatic rings. The second-order valence-corrected chi connectivity index (χ2v) is 8.03. The minimum absolute atomic E-state index is 0.356. The molecule has 29 heavy (non-hydrogen) atoms. The number of anilines is 2. The van der Waals surface area contributed by atoms with Crippen LogP contribution in [0.3, 0.4) is 0 Å². The van der Waals surface area contributed by atoms with Crippen molar-refractivity contribution >= 4 is 34.3 Å². The Bertz CT molecular complexity index is 1030. The first kappa shape index (κ1) is 18.5. The molecule has 3 heterocycles. The maximum Gasteiger partial charge on any atom is 0.172 e. The molecule has 0 amide bonds. The average molecular weight is 413 g/mol. The molecule has 150 valence electrons. The predicted octanol–water partition coefficient (Wildman–Crippen LogP) is 3.71. The van der Waals surface area contributed by atoms with E-state index in [0.29, 0.717) is 17.7 Å². The van der Waals surface area contributed by atoms with Gasteiger partial charge >= 0.3 is 0 Å². The number of halogens is 2. The van der Waals surface area contributed by atoms with Crippen molar-refractivity contribution in [3.8, 4) is 0 Å². The summed E-state index contributed by atoms with van der Waals surface area (Å²) in [6.07, 6.45) is 3.52. The number of nitrogens with zero attached hydrogens (tertiary/aromatic N) is 5. The van der Waals surface area contributed by atoms with Crippen LogP contribution in [0.25, 0.3) is 11.0 Å². The molecule has 0 spiro atoms. The summed E-state index contributed by atoms with van der Waals surface area (Å²) in [6, 6.07) is 9.95. The van der Waals surface area contributed by atoms with Crippen LogP contribution in [-0.2, 0) is 6.54 Å². The Labute approximate surface area is 173 Å². The molecule has 8 heteroatoms. The number of hydrogen-bond donors (Lipinski definition) is 1. The number of benzene rings is 1. The predicted molar refractivity (Wildman–Crippen MR) is 113 cm³/mol. The highest BCUT2D eigenvalue weighted by molar-refractivity contribution is 6.30. The van der Waals surface area contributed by atoms with E-state index in [1.807, 2.05) is 24.3 Å². The van der Waals surface area contributed by atoms with Crippen LogP contribution in [0, 0.1) is 5.82 Å². The smallest absolute Gasteiger partial charge is 0.172 e. The lowest BCUT2D eigenvalue weighted by molar-refractivity contribution is 0.249. The van der Waals surface area contributed by atoms with Crippen molar-refractivity contribution in [2.24, 2.45) is 0 Å². The second-order valence-electron chi connectivity index (χ2n) is 7.67. The minimum Gasteiger partial charge on any atom is -0.364 e. The molecule has 1 aromatic carbocycles. The van der Waals surface area contributed by atoms with Gasteiger partial charge in [-0.25, -0.2) is 19.3 Å². The summed E-state index contributed by atoms with van der Waals surface area (Å²) in [4.78, 5) is 18.2. The largest absolute Gasteiger partial charge is 0.364 e. The number of aromatic nitrogens is 3. The first-order chi connectivity index (χ1) is 14.2. The van der Waals surface area contributed by atoms with Crippen molar-refractivity contribution in [2.45, 2.75) is 25.4 Å². The van der Waals surface area contributed by atoms with Gasteiger partial charge in [0.15, 0.2) is 11.6 Å². The molecular formula is C21H22ClFN6. The van der Waals surface area contributed by atoms with Gasteiger partial charge in [0, 0.05) is 44.3 Å². The molecule has 1 saturated carbocycles. The van der Waals surface area contributed by atoms with Crippen LogP contribution < -0.4 is 10.2 Å². The van der Waals surface area contributed by atoms with E-state index in [-0.39, 0.29) is 5.82 Å². The highest BCUT2D eigenvalue weighted by Gasteiger charge is 2.27. The Morgan fingerprint density at radius 1 is 1.07 bits per heavy atom. The lowest BCUT2D eigenvalue weighted by Gasteiger charge is -2.36. The van der Waals surface area contributed by atoms with Gasteiger partial charge in [-0.1, -0.05) is 23.7 Å². The Hall–Kier alpha value is -2.51. The van der Waals surface area contributed by atoms with E-state index >= 15 is 0 Å². The van der Waals surface area contributed by atoms with Crippen LogP contribution in [0.4, 0.5) is 16.0 Å². The number of hydrogen-bond acceptors (Lipinski definition) is 6. The number of rotatable bonds is 5. The van der Waals surface area contributed by atoms with Gasteiger partial charge in [0.25, 0.3) is 0 Å². The van der Waals surface area contributed by atoms with Crippen molar-refractivity contribution < 1.29 is 4.39 Å². The molecular weight excluding hydrogens is 391 g/mol. The fourth-order valence-corrected chi connectivity index (χ4v) is 3.83. The number of piperazine rings is 1. The van der Waals surface area contributed by atoms with Crippen LogP contribution in [0.2, 0.25) is 5.15 Å². The molecule has 1 aliphatic heterocycles. The summed E-state index contributed by atoms with van der Waals surface area (Å²) < 4.78 is 13.5. The standard InChI is InChI=1S/C21H22ClFN6/c22-19-14(11-15(23)12-24-19)13-28-7-9-29(10-8-28)21-20(25-16-5-6-16)26-17-3-1-2-4-18(17)27-21/h1-4,11-12,16H,5-10,13H2,(H,25,26). The van der Waals surface area contributed by atoms with Gasteiger partial charge in [-0.2, -0.15) is 0 Å². The minimum atomic E-state index is -0.356. The lowest BCUT2D eigenvalue weighted by Crippen LogP contribution is -2.46. The van der Waals surface area contributed by atoms with Crippen molar-refractivity contribution in [3.05, 3.63) is 53.1 Å². The maximum atomic E-state index is 13.5. The first-order valence-electron chi connectivity index (χ1n) is 9.96. The third kappa shape index (κ3) is 4.11. The van der Waals surface area contributed by atoms with Crippen LogP contribution in [0.15, 0.2) is 36.5 Å². The van der Waals surface area contributed by atoms with Crippen molar-refractivity contribution in [3.63, 3.8) is 0 Å². The van der Waals surface area contributed by atoms with Crippen molar-refractivity contribution in [1.29, 1.82) is 0 Å². The molecule has 2 fully saturated rings. The summed E-state index contributed by atoms with van der Waals surface area (Å²) in [6.45, 7) is 3.92. The molecule has 3 aromatic rings. The first-order valence-corrected chi connectivity index (χ1v) is 10.3. The number of pyridine rings is 1. The van der Waals surface area contributed by atoms with Gasteiger partial charge < -0.3 is 10.2 Å². The molecule has 2 aromatic heterocycles. The van der Waals surface area contributed by atoms with Gasteiger partial charge in [-0.15, -0.1) is 0 Å². The number of nitrogens with one attached hydrogen (secondary N) is 1. The monoisotopic (exact) mass is 412 g/mol. The Balaban J connectivity index is 1.33. The zero-order valence-electron chi connectivity index (χ0n) is 16.0. The lowest BCUT2D eigenvalue weighted by atomic mass is 10.2. The Kier molecular flexibility index (Phi) is 4.93. The SMILES string of the molecule is Fc1cnc(Cl)c(CN2CCN(c3nc4ccccc4nc3NC3CC3)CC2)c1. The van der Waals surface area contributed by atoms with E-state index < -0.39 is 0 Å². The number of para-hydroxylation sites is 2. The molecule has 1 N–H and O–H groups in total. The summed E-state index contributed by atoms with van der Waals surface area (Å²) in [7, 11) is 0. The highest BCUT2D eigenvalue weighted by atomic mass is 35.5. The average Bonchev–Trinajstić information content (AvgIpc) is 3.55. The second kappa shape index (κ2) is 7.72. The van der Waals surface area contributed by atoms with Crippen LogP contribution in [-0.4, -0.2) is 52.1 Å². The van der Waals surface area contributed by atoms with Gasteiger partial charge in [-0.05, 0) is 31.0 Å². The zero-order chi connectivity index (χ0) is 19.8. The van der Waals surface area contributed by atoms with Crippen LogP contribution in [0.1, 0.15) is 18.4 Å². The third-order valence-corrected chi connectivity index (χ3v) is 5.75. The van der Waals surface area contributed by atoms with Crippen LogP contribution >= 0.6 is 11.6 Å². The quantitative estimate of drug-likeness (QED) is 0.645. The normalized spacial score (nSPS) is 17.7. The topological polar surface area (TPSA) is 57.2 Å². The molecule has 0 unspecified atom stereocenters. The molecule has 1 aliphatic carbocycles. The molecule has 6 nitrogen and oxygen atoms in total. The van der Waals surface area contributed by atoms with Gasteiger partial charge in [0.1, 0.15) is 11.0 Å². The summed E-state index contributed by atoms with van der Waals surface area (Å²) in [5.41, 5.74) is 2.54. The van der Waals surface area contributed by atoms with E-state index in [0.717, 1.165) is 60.6 Å². The van der Waals surface area contributed by atoms with E-state index in [4.69, 9.17) is 21.6 Å². The fraction of sp³-hybridized carbons (Fsp3) is 0.381. The molecule has 0 bridgehead atoms. The molecule has 5 rings (SSSR count). The van der Waals surface area contributed by atoms with E-state index in [1.54, 1.807) is 0 Å². The van der Waals surface area contributed by atoms with E-state index in [1.165, 1.54) is 18.9 Å². The maximum absolute atomic E-state index is 13.5. The summed E-state index contributed by atoms with van der Waals surface area (Å²) >= 11 is 6.13. The van der Waals surface area contributed by atoms with Gasteiger partial charge in [0.2, 0.25) is 0 Å². The molecule has 0 radical (unpaired) electrons. The van der Waals surface area contributed by atoms with Gasteiger partial charge in [-0.3, -0.25) is 4.90 Å². The number of fused-ring (bicyclic) bond motifs is 1. The summed E-state index contributed by atoms with van der Waals surface area (Å²) in [5.74, 6) is 1.43. The fourth-order valence-electron chi connectivity index (χ4n) is 3.66. The van der Waals surface area contributed by atoms with Crippen molar-refractivity contribution in [2.75, 3.05) is 36.4 Å². The van der Waals surface area contributed by atoms with Crippen molar-refractivity contribution in [1.82, 2.24) is 19.9 Å². The Morgan fingerprint density at radius 2 is 1.79 bits per heavy atom. The van der Waals surface area contributed by atoms with E-state index in [2.05, 4.69) is 20.1 Å². The highest BCUT2D eigenvalue weighted by Crippen LogP contribution is 2.31. The Morgan fingerprint density at radius 3 is 2.52 bits per heavy atom. The zero-order valence-corrected chi connectivity index (χ0v) is 16.7. The molecule has 1 saturated heterocycles. The third-order valence-electron chi connectivity index (χ3n) is 5.41. The van der Waals surface area contributed by atoms with Crippen LogP contribution in [0.5, 0.6) is 0 Å². The van der Waals surface area contributed by atoms with E-state index in [9.17, 15) is 4.39 Å². The summed E-state index contributed by atoms with van der Waals surface area (Å²) in [5, 5.41) is 3.91. The van der Waals surface area contributed by atoms with Gasteiger partial charge in [0.05, 0.1) is 17.2 Å².